The quantitative estimate of drug-likeness (QED) is 0.910. The molecule has 0 amide bonds. The van der Waals surface area contributed by atoms with E-state index in [0.29, 0.717) is 24.0 Å². The predicted octanol–water partition coefficient (Wildman–Crippen LogP) is 3.55. The maximum Gasteiger partial charge on any atom is 0.170 e. The van der Waals surface area contributed by atoms with Crippen LogP contribution >= 0.6 is 0 Å². The van der Waals surface area contributed by atoms with Crippen LogP contribution in [0.2, 0.25) is 0 Å². The zero-order valence-electron chi connectivity index (χ0n) is 12.4. The lowest BCUT2D eigenvalue weighted by Gasteiger charge is -2.21. The van der Waals surface area contributed by atoms with Crippen molar-refractivity contribution in [3.63, 3.8) is 0 Å². The van der Waals surface area contributed by atoms with E-state index in [1.165, 1.54) is 12.8 Å². The molecule has 0 atom stereocenters. The lowest BCUT2D eigenvalue weighted by molar-refractivity contribution is 0.582. The number of hydrogen-bond donors (Lipinski definition) is 1. The molecule has 0 radical (unpaired) electrons. The summed E-state index contributed by atoms with van der Waals surface area (Å²) in [5.74, 6) is 0.135. The summed E-state index contributed by atoms with van der Waals surface area (Å²) in [4.78, 5) is 6.03. The number of benzene rings is 1. The maximum atomic E-state index is 14.7. The minimum Gasteiger partial charge on any atom is -0.327 e. The molecule has 1 aromatic heterocycles. The van der Waals surface area contributed by atoms with Crippen molar-refractivity contribution in [3.8, 4) is 0 Å². The Bertz CT molecular complexity index is 638. The van der Waals surface area contributed by atoms with Gasteiger partial charge in [0, 0.05) is 37.1 Å². The van der Waals surface area contributed by atoms with Gasteiger partial charge < -0.3 is 10.2 Å². The van der Waals surface area contributed by atoms with E-state index in [1.807, 2.05) is 43.1 Å². The molecule has 4 heteroatoms. The summed E-state index contributed by atoms with van der Waals surface area (Å²) in [5.41, 5.74) is 2.74. The zero-order valence-corrected chi connectivity index (χ0v) is 12.4. The Morgan fingerprint density at radius 2 is 2.05 bits per heavy atom. The van der Waals surface area contributed by atoms with Crippen LogP contribution in [0.1, 0.15) is 24.0 Å². The molecule has 0 bridgehead atoms. The summed E-state index contributed by atoms with van der Waals surface area (Å²) in [6, 6.07) is 10.2. The van der Waals surface area contributed by atoms with Gasteiger partial charge in [-0.1, -0.05) is 18.2 Å². The molecule has 1 saturated carbocycles. The van der Waals surface area contributed by atoms with Crippen LogP contribution in [-0.2, 0) is 6.54 Å². The Labute approximate surface area is 124 Å². The fourth-order valence-corrected chi connectivity index (χ4v) is 2.44. The number of nitrogens with one attached hydrogen (secondary N) is 1. The smallest absolute Gasteiger partial charge is 0.170 e. The van der Waals surface area contributed by atoms with Gasteiger partial charge in [0.25, 0.3) is 0 Å². The second-order valence-electron chi connectivity index (χ2n) is 5.61. The molecule has 1 aromatic carbocycles. The van der Waals surface area contributed by atoms with Crippen molar-refractivity contribution in [2.45, 2.75) is 32.4 Å². The van der Waals surface area contributed by atoms with Crippen LogP contribution in [0.5, 0.6) is 0 Å². The number of halogens is 1. The van der Waals surface area contributed by atoms with Crippen LogP contribution < -0.4 is 10.2 Å². The number of nitrogens with zero attached hydrogens (tertiary/aromatic N) is 2. The number of hydrogen-bond acceptors (Lipinski definition) is 3. The number of pyridine rings is 1. The van der Waals surface area contributed by atoms with Crippen molar-refractivity contribution >= 4 is 11.5 Å². The molecule has 3 rings (SSSR count). The summed E-state index contributed by atoms with van der Waals surface area (Å²) in [6.07, 6.45) is 4.07. The van der Waals surface area contributed by atoms with Crippen molar-refractivity contribution in [2.24, 2.45) is 0 Å². The number of anilines is 2. The van der Waals surface area contributed by atoms with Crippen molar-refractivity contribution in [3.05, 3.63) is 53.5 Å². The Morgan fingerprint density at radius 1 is 1.29 bits per heavy atom. The van der Waals surface area contributed by atoms with Crippen LogP contribution in [0.15, 0.2) is 36.5 Å². The first-order chi connectivity index (χ1) is 10.2. The number of para-hydroxylation sites is 1. The molecule has 1 fully saturated rings. The molecule has 1 N–H and O–H groups in total. The molecule has 1 aliphatic carbocycles. The SMILES string of the molecule is Cc1ccccc1N(C)c1nccc(CNC2CC2)c1F. The third kappa shape index (κ3) is 3.05. The summed E-state index contributed by atoms with van der Waals surface area (Å²) < 4.78 is 14.7. The lowest BCUT2D eigenvalue weighted by atomic mass is 10.1. The van der Waals surface area contributed by atoms with Crippen molar-refractivity contribution < 1.29 is 4.39 Å². The van der Waals surface area contributed by atoms with Crippen molar-refractivity contribution in [2.75, 3.05) is 11.9 Å². The van der Waals surface area contributed by atoms with Gasteiger partial charge in [0.2, 0.25) is 0 Å². The van der Waals surface area contributed by atoms with Gasteiger partial charge in [0.15, 0.2) is 11.6 Å². The first-order valence-electron chi connectivity index (χ1n) is 7.33. The van der Waals surface area contributed by atoms with Crippen molar-refractivity contribution in [1.82, 2.24) is 10.3 Å². The van der Waals surface area contributed by atoms with Gasteiger partial charge in [0.05, 0.1) is 0 Å². The van der Waals surface area contributed by atoms with Crippen LogP contribution in [0.25, 0.3) is 0 Å². The highest BCUT2D eigenvalue weighted by Crippen LogP contribution is 2.28. The number of aryl methyl sites for hydroxylation is 1. The average molecular weight is 285 g/mol. The molecular weight excluding hydrogens is 265 g/mol. The molecule has 0 aliphatic heterocycles. The fourth-order valence-electron chi connectivity index (χ4n) is 2.44. The normalized spacial score (nSPS) is 14.2. The van der Waals surface area contributed by atoms with Gasteiger partial charge in [-0.3, -0.25) is 0 Å². The van der Waals surface area contributed by atoms with E-state index in [0.717, 1.165) is 11.3 Å². The first kappa shape index (κ1) is 14.0. The van der Waals surface area contributed by atoms with E-state index in [-0.39, 0.29) is 5.82 Å². The standard InChI is InChI=1S/C17H20FN3/c1-12-5-3-4-6-15(12)21(2)17-16(18)13(9-10-19-17)11-20-14-7-8-14/h3-6,9-10,14,20H,7-8,11H2,1-2H3. The number of aromatic nitrogens is 1. The van der Waals surface area contributed by atoms with Crippen LogP contribution in [-0.4, -0.2) is 18.1 Å². The second-order valence-corrected chi connectivity index (χ2v) is 5.61. The summed E-state index contributed by atoms with van der Waals surface area (Å²) in [5, 5.41) is 3.34. The highest BCUT2D eigenvalue weighted by Gasteiger charge is 2.22. The second kappa shape index (κ2) is 5.82. The van der Waals surface area contributed by atoms with Gasteiger partial charge in [-0.15, -0.1) is 0 Å². The van der Waals surface area contributed by atoms with E-state index < -0.39 is 0 Å². The topological polar surface area (TPSA) is 28.2 Å². The molecule has 1 aliphatic rings. The van der Waals surface area contributed by atoms with Crippen LogP contribution in [0.3, 0.4) is 0 Å². The molecule has 110 valence electrons. The summed E-state index contributed by atoms with van der Waals surface area (Å²) in [7, 11) is 1.85. The maximum absolute atomic E-state index is 14.7. The Hall–Kier alpha value is -1.94. The summed E-state index contributed by atoms with van der Waals surface area (Å²) in [6.45, 7) is 2.58. The lowest BCUT2D eigenvalue weighted by Crippen LogP contribution is -2.19. The largest absolute Gasteiger partial charge is 0.327 e. The van der Waals surface area contributed by atoms with E-state index in [1.54, 1.807) is 12.3 Å². The van der Waals surface area contributed by atoms with Gasteiger partial charge in [0.1, 0.15) is 0 Å². The average Bonchev–Trinajstić information content (AvgIpc) is 3.30. The molecule has 1 heterocycles. The van der Waals surface area contributed by atoms with E-state index >= 15 is 0 Å². The minimum absolute atomic E-state index is 0.239. The van der Waals surface area contributed by atoms with E-state index in [2.05, 4.69) is 10.3 Å². The molecule has 3 nitrogen and oxygen atoms in total. The third-order valence-electron chi connectivity index (χ3n) is 3.90. The first-order valence-corrected chi connectivity index (χ1v) is 7.33. The van der Waals surface area contributed by atoms with E-state index in [4.69, 9.17) is 0 Å². The molecule has 0 unspecified atom stereocenters. The molecular formula is C17H20FN3. The highest BCUT2D eigenvalue weighted by atomic mass is 19.1. The molecule has 0 saturated heterocycles. The summed E-state index contributed by atoms with van der Waals surface area (Å²) >= 11 is 0. The minimum atomic E-state index is -0.239. The third-order valence-corrected chi connectivity index (χ3v) is 3.90. The fraction of sp³-hybridized carbons (Fsp3) is 0.353. The molecule has 0 spiro atoms. The Kier molecular flexibility index (Phi) is 3.88. The van der Waals surface area contributed by atoms with Gasteiger partial charge in [-0.25, -0.2) is 9.37 Å². The van der Waals surface area contributed by atoms with Gasteiger partial charge in [-0.2, -0.15) is 0 Å². The van der Waals surface area contributed by atoms with Gasteiger partial charge in [-0.05, 0) is 37.5 Å². The number of rotatable bonds is 5. The van der Waals surface area contributed by atoms with Crippen LogP contribution in [0, 0.1) is 12.7 Å². The molecule has 2 aromatic rings. The molecule has 21 heavy (non-hydrogen) atoms. The predicted molar refractivity (Wildman–Crippen MR) is 83.3 cm³/mol. The van der Waals surface area contributed by atoms with Crippen LogP contribution in [0.4, 0.5) is 15.9 Å². The van der Waals surface area contributed by atoms with Gasteiger partial charge >= 0.3 is 0 Å². The monoisotopic (exact) mass is 285 g/mol. The highest BCUT2D eigenvalue weighted by molar-refractivity contribution is 5.63. The Morgan fingerprint density at radius 3 is 2.76 bits per heavy atom. The van der Waals surface area contributed by atoms with Crippen molar-refractivity contribution in [1.29, 1.82) is 0 Å². The Balaban J connectivity index is 1.87. The van der Waals surface area contributed by atoms with E-state index in [9.17, 15) is 4.39 Å². The zero-order chi connectivity index (χ0) is 14.8.